The number of carbonyl (C=O) groups excluding carboxylic acids is 1. The summed E-state index contributed by atoms with van der Waals surface area (Å²) in [6.07, 6.45) is 6.57. The quantitative estimate of drug-likeness (QED) is 0.413. The number of amides is 2. The van der Waals surface area contributed by atoms with Crippen molar-refractivity contribution in [2.24, 2.45) is 0 Å². The van der Waals surface area contributed by atoms with E-state index in [2.05, 4.69) is 71.5 Å². The van der Waals surface area contributed by atoms with Gasteiger partial charge >= 0.3 is 6.03 Å². The lowest BCUT2D eigenvalue weighted by Gasteiger charge is -2.32. The van der Waals surface area contributed by atoms with Crippen LogP contribution in [0, 0.1) is 13.8 Å². The molecular formula is C29H31N5O. The molecule has 0 bridgehead atoms. The first-order valence-electron chi connectivity index (χ1n) is 12.6. The van der Waals surface area contributed by atoms with Gasteiger partial charge in [0.15, 0.2) is 0 Å². The third-order valence-corrected chi connectivity index (χ3v) is 7.39. The van der Waals surface area contributed by atoms with E-state index in [1.165, 1.54) is 18.4 Å². The number of rotatable bonds is 3. The largest absolute Gasteiger partial charge is 0.335 e. The number of nitrogens with one attached hydrogen (secondary N) is 1. The van der Waals surface area contributed by atoms with Gasteiger partial charge in [0.25, 0.3) is 0 Å². The SMILES string of the molecule is Cc1cccc(C2c3cccn3-c3c(c(C)nn3-c3ccccc3)CN2C(=O)NC2CCCC2)c1. The van der Waals surface area contributed by atoms with Crippen molar-refractivity contribution in [1.29, 1.82) is 0 Å². The zero-order valence-electron chi connectivity index (χ0n) is 20.3. The zero-order valence-corrected chi connectivity index (χ0v) is 20.3. The van der Waals surface area contributed by atoms with Gasteiger partial charge in [0.05, 0.1) is 29.7 Å². The van der Waals surface area contributed by atoms with Crippen LogP contribution in [0.3, 0.4) is 0 Å². The molecule has 1 N–H and O–H groups in total. The number of hydrogen-bond donors (Lipinski definition) is 1. The number of aromatic nitrogens is 3. The lowest BCUT2D eigenvalue weighted by molar-refractivity contribution is 0.176. The number of benzene rings is 2. The summed E-state index contributed by atoms with van der Waals surface area (Å²) in [5, 5.41) is 8.28. The second-order valence-electron chi connectivity index (χ2n) is 9.81. The molecule has 2 amide bonds. The van der Waals surface area contributed by atoms with Crippen LogP contribution in [0.25, 0.3) is 11.5 Å². The van der Waals surface area contributed by atoms with Crippen LogP contribution in [0.1, 0.15) is 59.8 Å². The molecule has 2 aromatic carbocycles. The molecule has 0 radical (unpaired) electrons. The van der Waals surface area contributed by atoms with Crippen LogP contribution >= 0.6 is 0 Å². The Bertz CT molecular complexity index is 1360. The number of fused-ring (bicyclic) bond motifs is 3. The highest BCUT2D eigenvalue weighted by Crippen LogP contribution is 2.38. The average Bonchev–Trinajstić information content (AvgIpc) is 3.59. The van der Waals surface area contributed by atoms with Crippen molar-refractivity contribution >= 4 is 6.03 Å². The van der Waals surface area contributed by atoms with Gasteiger partial charge in [-0.1, -0.05) is 60.9 Å². The van der Waals surface area contributed by atoms with Crippen LogP contribution in [-0.2, 0) is 6.54 Å². The maximum atomic E-state index is 13.9. The predicted octanol–water partition coefficient (Wildman–Crippen LogP) is 5.84. The first kappa shape index (κ1) is 21.7. The van der Waals surface area contributed by atoms with E-state index in [4.69, 9.17) is 5.10 Å². The summed E-state index contributed by atoms with van der Waals surface area (Å²) in [6, 6.07) is 23.0. The molecule has 1 aliphatic carbocycles. The molecule has 178 valence electrons. The standard InChI is InChI=1S/C29H31N5O/c1-20-10-8-11-22(18-20)27-26-16-9-17-32(26)28-25(19-33(27)29(35)30-23-12-6-7-13-23)21(2)31-34(28)24-14-4-3-5-15-24/h3-5,8-11,14-18,23,27H,6-7,12-13,19H2,1-2H3,(H,30,35). The average molecular weight is 466 g/mol. The fourth-order valence-corrected chi connectivity index (χ4v) is 5.67. The number of para-hydroxylation sites is 1. The highest BCUT2D eigenvalue weighted by Gasteiger charge is 2.36. The van der Waals surface area contributed by atoms with Crippen molar-refractivity contribution in [3.05, 3.63) is 101 Å². The van der Waals surface area contributed by atoms with Crippen molar-refractivity contribution in [3.63, 3.8) is 0 Å². The van der Waals surface area contributed by atoms with Crippen molar-refractivity contribution in [2.75, 3.05) is 0 Å². The Morgan fingerprint density at radius 2 is 1.77 bits per heavy atom. The smallest absolute Gasteiger partial charge is 0.318 e. The number of nitrogens with zero attached hydrogens (tertiary/aromatic N) is 4. The Kier molecular flexibility index (Phi) is 5.44. The molecule has 1 saturated carbocycles. The topological polar surface area (TPSA) is 55.1 Å². The van der Waals surface area contributed by atoms with E-state index in [1.54, 1.807) is 0 Å². The number of urea groups is 1. The summed E-state index contributed by atoms with van der Waals surface area (Å²) in [7, 11) is 0. The number of aryl methyl sites for hydroxylation is 2. The molecule has 1 fully saturated rings. The van der Waals surface area contributed by atoms with Crippen LogP contribution in [0.15, 0.2) is 72.9 Å². The lowest BCUT2D eigenvalue weighted by Crippen LogP contribution is -2.45. The highest BCUT2D eigenvalue weighted by atomic mass is 16.2. The second-order valence-corrected chi connectivity index (χ2v) is 9.81. The van der Waals surface area contributed by atoms with Gasteiger partial charge in [-0.3, -0.25) is 0 Å². The van der Waals surface area contributed by atoms with Gasteiger partial charge in [0.2, 0.25) is 0 Å². The van der Waals surface area contributed by atoms with Gasteiger partial charge in [-0.2, -0.15) is 5.10 Å². The molecule has 3 heterocycles. The molecule has 1 unspecified atom stereocenters. The molecule has 2 aliphatic rings. The predicted molar refractivity (Wildman–Crippen MR) is 137 cm³/mol. The number of carbonyl (C=O) groups is 1. The molecule has 35 heavy (non-hydrogen) atoms. The molecule has 0 saturated heterocycles. The maximum Gasteiger partial charge on any atom is 0.318 e. The van der Waals surface area contributed by atoms with E-state index in [0.717, 1.165) is 46.9 Å². The third kappa shape index (κ3) is 3.83. The maximum absolute atomic E-state index is 13.9. The van der Waals surface area contributed by atoms with Crippen LogP contribution in [0.4, 0.5) is 4.79 Å². The first-order valence-corrected chi connectivity index (χ1v) is 12.6. The van der Waals surface area contributed by atoms with E-state index in [1.807, 2.05) is 34.7 Å². The van der Waals surface area contributed by atoms with Crippen molar-refractivity contribution in [1.82, 2.24) is 24.6 Å². The van der Waals surface area contributed by atoms with Gasteiger partial charge < -0.3 is 14.8 Å². The molecule has 6 rings (SSSR count). The minimum atomic E-state index is -0.206. The summed E-state index contributed by atoms with van der Waals surface area (Å²) >= 11 is 0. The molecule has 6 nitrogen and oxygen atoms in total. The summed E-state index contributed by atoms with van der Waals surface area (Å²) in [4.78, 5) is 15.9. The molecule has 1 aliphatic heterocycles. The number of hydrogen-bond acceptors (Lipinski definition) is 2. The first-order chi connectivity index (χ1) is 17.1. The van der Waals surface area contributed by atoms with E-state index in [0.29, 0.717) is 6.54 Å². The molecule has 4 aromatic rings. The molecule has 1 atom stereocenters. The van der Waals surface area contributed by atoms with Crippen LogP contribution < -0.4 is 5.32 Å². The van der Waals surface area contributed by atoms with Crippen molar-refractivity contribution in [2.45, 2.75) is 58.2 Å². The normalized spacial score (nSPS) is 17.7. The summed E-state index contributed by atoms with van der Waals surface area (Å²) in [5.74, 6) is 1.00. The van der Waals surface area contributed by atoms with Gasteiger partial charge in [-0.15, -0.1) is 0 Å². The Balaban J connectivity index is 1.53. The van der Waals surface area contributed by atoms with Gasteiger partial charge in [0.1, 0.15) is 5.82 Å². The van der Waals surface area contributed by atoms with Crippen LogP contribution in [0.5, 0.6) is 0 Å². The minimum Gasteiger partial charge on any atom is -0.335 e. The Hall–Kier alpha value is -3.80. The van der Waals surface area contributed by atoms with Crippen molar-refractivity contribution < 1.29 is 4.79 Å². The molecule has 2 aromatic heterocycles. The van der Waals surface area contributed by atoms with Gasteiger partial charge in [0, 0.05) is 17.8 Å². The van der Waals surface area contributed by atoms with E-state index >= 15 is 0 Å². The molecule has 0 spiro atoms. The fraction of sp³-hybridized carbons (Fsp3) is 0.310. The van der Waals surface area contributed by atoms with E-state index < -0.39 is 0 Å². The summed E-state index contributed by atoms with van der Waals surface area (Å²) in [5.41, 5.74) is 6.38. The fourth-order valence-electron chi connectivity index (χ4n) is 5.67. The molecular weight excluding hydrogens is 434 g/mol. The monoisotopic (exact) mass is 465 g/mol. The Morgan fingerprint density at radius 3 is 2.54 bits per heavy atom. The van der Waals surface area contributed by atoms with Crippen LogP contribution in [-0.4, -0.2) is 31.3 Å². The van der Waals surface area contributed by atoms with E-state index in [-0.39, 0.29) is 18.1 Å². The van der Waals surface area contributed by atoms with Gasteiger partial charge in [-0.25, -0.2) is 9.48 Å². The third-order valence-electron chi connectivity index (χ3n) is 7.39. The Labute approximate surface area is 206 Å². The Morgan fingerprint density at radius 1 is 0.971 bits per heavy atom. The van der Waals surface area contributed by atoms with Crippen LogP contribution in [0.2, 0.25) is 0 Å². The van der Waals surface area contributed by atoms with Gasteiger partial charge in [-0.05, 0) is 56.5 Å². The second kappa shape index (κ2) is 8.77. The zero-order chi connectivity index (χ0) is 23.9. The van der Waals surface area contributed by atoms with E-state index in [9.17, 15) is 4.79 Å². The summed E-state index contributed by atoms with van der Waals surface area (Å²) in [6.45, 7) is 4.64. The van der Waals surface area contributed by atoms with Crippen molar-refractivity contribution in [3.8, 4) is 11.5 Å². The minimum absolute atomic E-state index is 0.00383. The summed E-state index contributed by atoms with van der Waals surface area (Å²) < 4.78 is 4.23. The lowest BCUT2D eigenvalue weighted by atomic mass is 10.00. The molecule has 6 heteroatoms. The highest BCUT2D eigenvalue weighted by molar-refractivity contribution is 5.76.